The number of nitriles is 1. The van der Waals surface area contributed by atoms with E-state index in [-0.39, 0.29) is 11.9 Å². The molecular formula is C32H32FN3O2. The van der Waals surface area contributed by atoms with E-state index >= 15 is 0 Å². The van der Waals surface area contributed by atoms with Gasteiger partial charge < -0.3 is 9.64 Å². The lowest BCUT2D eigenvalue weighted by atomic mass is 9.97. The molecule has 5 nitrogen and oxygen atoms in total. The fourth-order valence-electron chi connectivity index (χ4n) is 4.21. The van der Waals surface area contributed by atoms with Gasteiger partial charge in [-0.25, -0.2) is 9.38 Å². The highest BCUT2D eigenvalue weighted by Gasteiger charge is 2.25. The SMILES string of the molecule is CCC/C(N=C(C)N(C)c1ccc(OC2CC2)c(F)c1)=C(/C=O)Cc1ccc(-c2ccccc2C#N)cc1. The first-order chi connectivity index (χ1) is 18.4. The van der Waals surface area contributed by atoms with Crippen LogP contribution in [0.4, 0.5) is 10.1 Å². The summed E-state index contributed by atoms with van der Waals surface area (Å²) in [5.41, 5.74) is 5.43. The summed E-state index contributed by atoms with van der Waals surface area (Å²) in [5.74, 6) is 0.537. The van der Waals surface area contributed by atoms with Gasteiger partial charge in [-0.05, 0) is 61.1 Å². The number of hydrogen-bond acceptors (Lipinski definition) is 4. The zero-order chi connectivity index (χ0) is 27.1. The summed E-state index contributed by atoms with van der Waals surface area (Å²) >= 11 is 0. The molecule has 0 atom stereocenters. The molecule has 0 N–H and O–H groups in total. The van der Waals surface area contributed by atoms with Crippen molar-refractivity contribution in [3.05, 3.63) is 94.9 Å². The predicted molar refractivity (Wildman–Crippen MR) is 150 cm³/mol. The average molecular weight is 510 g/mol. The first kappa shape index (κ1) is 26.8. The minimum absolute atomic E-state index is 0.129. The van der Waals surface area contributed by atoms with Crippen LogP contribution in [-0.2, 0) is 11.2 Å². The number of ether oxygens (including phenoxy) is 1. The number of aldehydes is 1. The molecule has 0 spiro atoms. The van der Waals surface area contributed by atoms with Crippen molar-refractivity contribution in [1.29, 1.82) is 5.26 Å². The maximum Gasteiger partial charge on any atom is 0.167 e. The lowest BCUT2D eigenvalue weighted by Gasteiger charge is -2.20. The molecule has 0 unspecified atom stereocenters. The quantitative estimate of drug-likeness (QED) is 0.125. The van der Waals surface area contributed by atoms with Gasteiger partial charge >= 0.3 is 0 Å². The molecule has 0 amide bonds. The van der Waals surface area contributed by atoms with Crippen molar-refractivity contribution >= 4 is 17.8 Å². The van der Waals surface area contributed by atoms with Gasteiger partial charge in [0.05, 0.1) is 17.7 Å². The molecule has 0 aromatic heterocycles. The Morgan fingerprint density at radius 3 is 2.53 bits per heavy atom. The van der Waals surface area contributed by atoms with Crippen LogP contribution in [0.3, 0.4) is 0 Å². The summed E-state index contributed by atoms with van der Waals surface area (Å²) in [6, 6.07) is 22.6. The van der Waals surface area contributed by atoms with Crippen molar-refractivity contribution in [3.8, 4) is 22.9 Å². The summed E-state index contributed by atoms with van der Waals surface area (Å²) in [6.07, 6.45) is 4.87. The molecule has 0 saturated heterocycles. The monoisotopic (exact) mass is 509 g/mol. The number of carbonyl (C=O) groups excluding carboxylic acids is 1. The Morgan fingerprint density at radius 1 is 1.16 bits per heavy atom. The Morgan fingerprint density at radius 2 is 1.89 bits per heavy atom. The first-order valence-electron chi connectivity index (χ1n) is 12.9. The molecule has 0 heterocycles. The Hall–Kier alpha value is -4.24. The van der Waals surface area contributed by atoms with Gasteiger partial charge in [0.25, 0.3) is 0 Å². The van der Waals surface area contributed by atoms with Crippen molar-refractivity contribution in [2.45, 2.75) is 52.1 Å². The van der Waals surface area contributed by atoms with E-state index in [0.717, 1.165) is 47.9 Å². The number of hydrogen-bond donors (Lipinski definition) is 0. The fourth-order valence-corrected chi connectivity index (χ4v) is 4.21. The number of amidine groups is 1. The normalized spacial score (nSPS) is 13.9. The number of benzene rings is 3. The van der Waals surface area contributed by atoms with Crippen LogP contribution < -0.4 is 9.64 Å². The maximum absolute atomic E-state index is 14.6. The van der Waals surface area contributed by atoms with E-state index in [4.69, 9.17) is 9.73 Å². The Balaban J connectivity index is 1.55. The van der Waals surface area contributed by atoms with E-state index in [1.54, 1.807) is 12.1 Å². The summed E-state index contributed by atoms with van der Waals surface area (Å²) in [4.78, 5) is 18.8. The number of carbonyl (C=O) groups is 1. The van der Waals surface area contributed by atoms with E-state index in [1.807, 2.05) is 74.3 Å². The predicted octanol–water partition coefficient (Wildman–Crippen LogP) is 7.26. The highest BCUT2D eigenvalue weighted by molar-refractivity contribution is 5.96. The molecule has 1 aliphatic rings. The summed E-state index contributed by atoms with van der Waals surface area (Å²) < 4.78 is 20.2. The van der Waals surface area contributed by atoms with E-state index < -0.39 is 5.82 Å². The van der Waals surface area contributed by atoms with Crippen molar-refractivity contribution in [1.82, 2.24) is 0 Å². The number of aliphatic imine (C=N–C) groups is 1. The van der Waals surface area contributed by atoms with Gasteiger partial charge in [-0.1, -0.05) is 55.8 Å². The highest BCUT2D eigenvalue weighted by Crippen LogP contribution is 2.31. The molecule has 1 aliphatic carbocycles. The average Bonchev–Trinajstić information content (AvgIpc) is 3.76. The molecule has 3 aromatic carbocycles. The highest BCUT2D eigenvalue weighted by atomic mass is 19.1. The van der Waals surface area contributed by atoms with Gasteiger partial charge in [0.2, 0.25) is 0 Å². The van der Waals surface area contributed by atoms with E-state index in [9.17, 15) is 14.4 Å². The lowest BCUT2D eigenvalue weighted by Crippen LogP contribution is -2.24. The van der Waals surface area contributed by atoms with Gasteiger partial charge in [-0.15, -0.1) is 0 Å². The van der Waals surface area contributed by atoms with Gasteiger partial charge in [0, 0.05) is 36.5 Å². The van der Waals surface area contributed by atoms with Crippen LogP contribution in [0.15, 0.2) is 83.0 Å². The minimum atomic E-state index is -0.396. The van der Waals surface area contributed by atoms with E-state index in [2.05, 4.69) is 6.07 Å². The topological polar surface area (TPSA) is 65.7 Å². The third kappa shape index (κ3) is 6.54. The zero-order valence-corrected chi connectivity index (χ0v) is 22.1. The van der Waals surface area contributed by atoms with Crippen LogP contribution >= 0.6 is 0 Å². The largest absolute Gasteiger partial charge is 0.487 e. The summed E-state index contributed by atoms with van der Waals surface area (Å²) in [5, 5.41) is 9.40. The number of nitrogens with zero attached hydrogens (tertiary/aromatic N) is 3. The molecule has 194 valence electrons. The summed E-state index contributed by atoms with van der Waals surface area (Å²) in [7, 11) is 1.83. The van der Waals surface area contributed by atoms with Gasteiger partial charge in [0.15, 0.2) is 11.6 Å². The standard InChI is InChI=1S/C32H32FN3O2/c1-4-7-31(35-22(2)36(3)27-14-17-32(30(33)19-27)38-28-15-16-28)26(21-37)18-23-10-12-24(13-11-23)29-9-6-5-8-25(29)20-34/h5-6,8-14,17,19,21,28H,4,7,15-16,18H2,1-3H3/b31-26-,35-22?. The maximum atomic E-state index is 14.6. The number of rotatable bonds is 10. The van der Waals surface area contributed by atoms with Crippen LogP contribution in [0.25, 0.3) is 11.1 Å². The van der Waals surface area contributed by atoms with Crippen molar-refractivity contribution in [3.63, 3.8) is 0 Å². The van der Waals surface area contributed by atoms with Crippen LogP contribution in [0, 0.1) is 17.1 Å². The number of anilines is 1. The Kier molecular flexibility index (Phi) is 8.70. The second kappa shape index (κ2) is 12.3. The van der Waals surface area contributed by atoms with Crippen LogP contribution in [0.2, 0.25) is 0 Å². The second-order valence-electron chi connectivity index (χ2n) is 9.52. The molecular weight excluding hydrogens is 477 g/mol. The van der Waals surface area contributed by atoms with Crippen molar-refractivity contribution in [2.75, 3.05) is 11.9 Å². The molecule has 38 heavy (non-hydrogen) atoms. The third-order valence-electron chi connectivity index (χ3n) is 6.61. The van der Waals surface area contributed by atoms with Crippen molar-refractivity contribution < 1.29 is 13.9 Å². The van der Waals surface area contributed by atoms with Crippen LogP contribution in [-0.4, -0.2) is 25.3 Å². The van der Waals surface area contributed by atoms with E-state index in [1.165, 1.54) is 6.07 Å². The van der Waals surface area contributed by atoms with E-state index in [0.29, 0.717) is 35.5 Å². The van der Waals surface area contributed by atoms with Crippen molar-refractivity contribution in [2.24, 2.45) is 4.99 Å². The van der Waals surface area contributed by atoms with Crippen LogP contribution in [0.5, 0.6) is 5.75 Å². The van der Waals surface area contributed by atoms with Gasteiger partial charge in [0.1, 0.15) is 12.1 Å². The zero-order valence-electron chi connectivity index (χ0n) is 22.1. The summed E-state index contributed by atoms with van der Waals surface area (Å²) in [6.45, 7) is 3.90. The molecule has 1 saturated carbocycles. The Labute approximate surface area is 223 Å². The number of halogens is 1. The molecule has 0 radical (unpaired) electrons. The molecule has 3 aromatic rings. The fraction of sp³-hybridized carbons (Fsp3) is 0.281. The second-order valence-corrected chi connectivity index (χ2v) is 9.52. The smallest absolute Gasteiger partial charge is 0.167 e. The molecule has 1 fully saturated rings. The molecule has 4 rings (SSSR count). The first-order valence-corrected chi connectivity index (χ1v) is 12.9. The third-order valence-corrected chi connectivity index (χ3v) is 6.61. The Bertz CT molecular complexity index is 1400. The molecule has 0 aliphatic heterocycles. The van der Waals surface area contributed by atoms with Gasteiger partial charge in [-0.2, -0.15) is 5.26 Å². The lowest BCUT2D eigenvalue weighted by molar-refractivity contribution is -0.105. The van der Waals surface area contributed by atoms with Crippen LogP contribution in [0.1, 0.15) is 50.7 Å². The minimum Gasteiger partial charge on any atom is -0.487 e. The molecule has 0 bridgehead atoms. The molecule has 6 heteroatoms. The number of allylic oxidation sites excluding steroid dienone is 2. The van der Waals surface area contributed by atoms with Gasteiger partial charge in [-0.3, -0.25) is 4.79 Å².